The molecule has 16 nitrogen and oxygen atoms in total. The highest BCUT2D eigenvalue weighted by atomic mass is 35.5. The van der Waals surface area contributed by atoms with Crippen LogP contribution in [0.1, 0.15) is 122 Å². The molecule has 1 saturated carbocycles. The van der Waals surface area contributed by atoms with Crippen molar-refractivity contribution in [1.29, 1.82) is 5.26 Å². The molecule has 4 N–H and O–H groups in total. The molecule has 3 atom stereocenters. The minimum Gasteiger partial charge on any atom is -0.494 e. The van der Waals surface area contributed by atoms with Gasteiger partial charge in [0.2, 0.25) is 17.7 Å². The molecular weight excluding hydrogens is 982 g/mol. The van der Waals surface area contributed by atoms with Crippen LogP contribution in [0.5, 0.6) is 11.5 Å². The second-order valence-corrected chi connectivity index (χ2v) is 23.8. The fourth-order valence-electron chi connectivity index (χ4n) is 10.0. The Morgan fingerprint density at radius 3 is 2.20 bits per heavy atom. The van der Waals surface area contributed by atoms with E-state index in [1.165, 1.54) is 9.80 Å². The van der Waals surface area contributed by atoms with Gasteiger partial charge in [0.25, 0.3) is 5.91 Å². The predicted octanol–water partition coefficient (Wildman–Crippen LogP) is 8.85. The molecule has 2 aliphatic rings. The minimum atomic E-state index is -1.09. The second kappa shape index (κ2) is 23.5. The van der Waals surface area contributed by atoms with Gasteiger partial charge in [0.1, 0.15) is 47.9 Å². The predicted molar refractivity (Wildman–Crippen MR) is 285 cm³/mol. The number of nitriles is 1. The molecule has 0 unspecified atom stereocenters. The summed E-state index contributed by atoms with van der Waals surface area (Å²) in [6.07, 6.45) is 0.0145. The summed E-state index contributed by atoms with van der Waals surface area (Å²) < 4.78 is 18.0. The number of carbonyl (C=O) groups is 5. The Kier molecular flexibility index (Phi) is 18.2. The van der Waals surface area contributed by atoms with E-state index >= 15 is 0 Å². The number of halogens is 1. The molecule has 0 spiro atoms. The number of rotatable bonds is 19. The van der Waals surface area contributed by atoms with Crippen molar-refractivity contribution >= 4 is 52.7 Å². The Hall–Kier alpha value is -6.22. The Morgan fingerprint density at radius 2 is 1.61 bits per heavy atom. The molecule has 1 aliphatic carbocycles. The van der Waals surface area contributed by atoms with Crippen molar-refractivity contribution in [3.63, 3.8) is 0 Å². The summed E-state index contributed by atoms with van der Waals surface area (Å²) in [5, 5.41) is 29.3. The fraction of sp³-hybridized carbons (Fsp3) is 0.518. The first-order valence-electron chi connectivity index (χ1n) is 25.1. The Labute approximate surface area is 444 Å². The van der Waals surface area contributed by atoms with E-state index in [9.17, 15) is 34.3 Å². The number of nitrogens with one attached hydrogen (secondary N) is 3. The van der Waals surface area contributed by atoms with Crippen LogP contribution in [-0.4, -0.2) is 112 Å². The van der Waals surface area contributed by atoms with Crippen molar-refractivity contribution in [2.24, 2.45) is 16.2 Å². The second-order valence-electron chi connectivity index (χ2n) is 22.6. The fourth-order valence-corrected chi connectivity index (χ4v) is 11.0. The molecule has 0 bridgehead atoms. The Morgan fingerprint density at radius 1 is 0.946 bits per heavy atom. The number of aromatic nitrogens is 1. The van der Waals surface area contributed by atoms with Gasteiger partial charge in [0, 0.05) is 54.6 Å². The van der Waals surface area contributed by atoms with Gasteiger partial charge in [0.05, 0.1) is 39.4 Å². The largest absolute Gasteiger partial charge is 0.494 e. The van der Waals surface area contributed by atoms with Crippen LogP contribution >= 0.6 is 22.9 Å². The number of aliphatic hydroxyl groups is 1. The number of unbranched alkanes of at least 4 members (excludes halogenated alkanes) is 2. The highest BCUT2D eigenvalue weighted by molar-refractivity contribution is 7.13. The van der Waals surface area contributed by atoms with Gasteiger partial charge in [-0.15, -0.1) is 11.3 Å². The zero-order valence-corrected chi connectivity index (χ0v) is 46.0. The summed E-state index contributed by atoms with van der Waals surface area (Å²) in [6, 6.07) is 19.5. The van der Waals surface area contributed by atoms with Gasteiger partial charge in [-0.05, 0) is 99.9 Å². The van der Waals surface area contributed by atoms with Crippen molar-refractivity contribution in [2.75, 3.05) is 26.2 Å². The van der Waals surface area contributed by atoms with Crippen LogP contribution in [-0.2, 0) is 25.7 Å². The van der Waals surface area contributed by atoms with Gasteiger partial charge in [-0.25, -0.2) is 9.78 Å². The van der Waals surface area contributed by atoms with Crippen LogP contribution in [0.4, 0.5) is 4.79 Å². The van der Waals surface area contributed by atoms with Crippen LogP contribution in [0.2, 0.25) is 5.02 Å². The van der Waals surface area contributed by atoms with E-state index in [4.69, 9.17) is 25.8 Å². The topological polar surface area (TPSA) is 213 Å². The first kappa shape index (κ1) is 57.1. The maximum atomic E-state index is 14.3. The lowest BCUT2D eigenvalue weighted by molar-refractivity contribution is -0.164. The molecule has 4 aromatic rings. The third kappa shape index (κ3) is 14.1. The average Bonchev–Trinajstić information content (AvgIpc) is 3.95. The van der Waals surface area contributed by atoms with Gasteiger partial charge >= 0.3 is 6.09 Å². The molecule has 1 aromatic heterocycles. The van der Waals surface area contributed by atoms with Crippen molar-refractivity contribution in [2.45, 2.75) is 144 Å². The van der Waals surface area contributed by atoms with E-state index in [2.05, 4.69) is 27.0 Å². The monoisotopic (exact) mass is 1050 g/mol. The third-order valence-corrected chi connectivity index (χ3v) is 14.9. The Balaban J connectivity index is 0.975. The number of hydrogen-bond donors (Lipinski definition) is 4. The summed E-state index contributed by atoms with van der Waals surface area (Å²) in [6.45, 7) is 21.1. The first-order valence-corrected chi connectivity index (χ1v) is 26.4. The molecule has 3 aromatic carbocycles. The number of amides is 5. The summed E-state index contributed by atoms with van der Waals surface area (Å²) in [5.41, 5.74) is 3.02. The molecular formula is C56H72ClN7O9S. The molecule has 2 heterocycles. The number of likely N-dealkylation sites (tertiary alicyclic amines) is 1. The number of β-amino-alcohol motifs (C(OH)–C–C–N with tert-alkyl or cyclic N) is 1. The van der Waals surface area contributed by atoms with Gasteiger partial charge in [-0.2, -0.15) is 5.26 Å². The molecule has 1 saturated heterocycles. The number of nitrogens with zero attached hydrogens (tertiary/aromatic N) is 4. The summed E-state index contributed by atoms with van der Waals surface area (Å²) in [4.78, 5) is 76.7. The molecule has 1 aliphatic heterocycles. The van der Waals surface area contributed by atoms with Gasteiger partial charge in [-0.1, -0.05) is 84.3 Å². The Bertz CT molecular complexity index is 2670. The quantitative estimate of drug-likeness (QED) is 0.0652. The van der Waals surface area contributed by atoms with Crippen LogP contribution in [0.25, 0.3) is 10.4 Å². The number of ether oxygens (including phenoxy) is 3. The summed E-state index contributed by atoms with van der Waals surface area (Å²) in [7, 11) is 0. The summed E-state index contributed by atoms with van der Waals surface area (Å²) >= 11 is 7.81. The third-order valence-electron chi connectivity index (χ3n) is 13.6. The van der Waals surface area contributed by atoms with Crippen molar-refractivity contribution in [3.05, 3.63) is 99.6 Å². The molecule has 2 fully saturated rings. The first-order chi connectivity index (χ1) is 34.7. The summed E-state index contributed by atoms with van der Waals surface area (Å²) in [5.74, 6) is -0.570. The zero-order chi connectivity index (χ0) is 54.3. The number of hydrogen-bond acceptors (Lipinski definition) is 12. The lowest BCUT2D eigenvalue weighted by Crippen LogP contribution is -2.74. The van der Waals surface area contributed by atoms with E-state index in [0.717, 1.165) is 21.7 Å². The maximum Gasteiger partial charge on any atom is 0.410 e. The molecule has 18 heteroatoms. The van der Waals surface area contributed by atoms with Crippen molar-refractivity contribution < 1.29 is 43.3 Å². The minimum absolute atomic E-state index is 0.0473. The molecule has 5 amide bonds. The van der Waals surface area contributed by atoms with Crippen LogP contribution in [0, 0.1) is 34.5 Å². The van der Waals surface area contributed by atoms with Crippen LogP contribution < -0.4 is 25.4 Å². The van der Waals surface area contributed by atoms with E-state index in [-0.39, 0.29) is 50.7 Å². The molecule has 74 heavy (non-hydrogen) atoms. The average molecular weight is 1050 g/mol. The lowest BCUT2D eigenvalue weighted by atomic mass is 9.49. The number of aliphatic hydroxyl groups excluding tert-OH is 1. The van der Waals surface area contributed by atoms with E-state index < -0.39 is 63.8 Å². The van der Waals surface area contributed by atoms with Gasteiger partial charge in [0.15, 0.2) is 0 Å². The standard InChI is InChI=1S/C56H72ClN7O9S/c1-34-45(74-33-60-34)36-17-15-35(16-18-36)30-59-48(68)43-27-39(65)31-64(43)49(69)46(53(2,3)4)61-44(66)32-63(52(70)73-54(5,6)7)25-13-12-14-26-71-40-22-19-37(20-23-40)47(67)62-50-55(8,9)51(56(50,10)11)72-41-24-21-38(29-58)42(57)28-41/h15-24,28,33,39,43,46,50-51,65H,12-14,25-27,30-32H2,1-11H3,(H,59,68)(H,61,66)(H,62,67)/t39-,43+,46-,50?,51?/m1/s1. The number of carbonyl (C=O) groups excluding carboxylic acids is 5. The number of benzene rings is 3. The van der Waals surface area contributed by atoms with Crippen molar-refractivity contribution in [3.8, 4) is 28.0 Å². The number of aryl methyl sites for hydroxylation is 1. The SMILES string of the molecule is Cc1ncsc1-c1ccc(CNC(=O)[C@@H]2C[C@@H](O)CN2C(=O)[C@@H](NC(=O)CN(CCCCCOc2ccc(C(=O)NC3C(C)(C)C(Oc4ccc(C#N)c(Cl)c4)C3(C)C)cc2)C(=O)OC(C)(C)C)C(C)(C)C)cc1. The molecule has 0 radical (unpaired) electrons. The van der Waals surface area contributed by atoms with Crippen LogP contribution in [0.3, 0.4) is 0 Å². The molecule has 398 valence electrons. The van der Waals surface area contributed by atoms with E-state index in [0.29, 0.717) is 53.5 Å². The highest BCUT2D eigenvalue weighted by Gasteiger charge is 2.64. The maximum absolute atomic E-state index is 14.3. The smallest absolute Gasteiger partial charge is 0.410 e. The lowest BCUT2D eigenvalue weighted by Gasteiger charge is -2.63. The zero-order valence-electron chi connectivity index (χ0n) is 44.5. The van der Waals surface area contributed by atoms with Gasteiger partial charge in [-0.3, -0.25) is 24.1 Å². The highest BCUT2D eigenvalue weighted by Crippen LogP contribution is 2.55. The van der Waals surface area contributed by atoms with E-state index in [1.807, 2.05) is 58.9 Å². The van der Waals surface area contributed by atoms with E-state index in [1.54, 1.807) is 101 Å². The van der Waals surface area contributed by atoms with Crippen LogP contribution in [0.15, 0.2) is 72.2 Å². The normalized spacial score (nSPS) is 19.3. The van der Waals surface area contributed by atoms with Gasteiger partial charge < -0.3 is 40.2 Å². The number of thiazole rings is 1. The van der Waals surface area contributed by atoms with Crippen molar-refractivity contribution in [1.82, 2.24) is 30.7 Å². The molecule has 6 rings (SSSR count).